The number of piperazine rings is 1. The number of anilines is 1. The molecular weight excluding hydrogens is 274 g/mol. The first-order valence-corrected chi connectivity index (χ1v) is 6.46. The molecule has 0 spiro atoms. The van der Waals surface area contributed by atoms with Gasteiger partial charge in [-0.1, -0.05) is 0 Å². The largest absolute Gasteiger partial charge is 0.357 e. The first-order valence-electron chi connectivity index (χ1n) is 6.46. The highest BCUT2D eigenvalue weighted by molar-refractivity contribution is 5.86. The summed E-state index contributed by atoms with van der Waals surface area (Å²) in [5, 5.41) is 25.8. The number of benzene rings is 1. The minimum Gasteiger partial charge on any atom is -0.357 e. The quantitative estimate of drug-likeness (QED) is 0.598. The van der Waals surface area contributed by atoms with Gasteiger partial charge in [-0.25, -0.2) is 0 Å². The van der Waals surface area contributed by atoms with Crippen molar-refractivity contribution in [2.75, 3.05) is 31.6 Å². The van der Waals surface area contributed by atoms with Crippen LogP contribution in [0.25, 0.3) is 0 Å². The summed E-state index contributed by atoms with van der Waals surface area (Å²) >= 11 is 0. The SMILES string of the molecule is CNC(=O)C1CNCCN1c1ccc(C#N)cc1[N+](=O)[O-]. The lowest BCUT2D eigenvalue weighted by Gasteiger charge is -2.36. The van der Waals surface area contributed by atoms with E-state index < -0.39 is 11.0 Å². The van der Waals surface area contributed by atoms with Crippen molar-refractivity contribution in [3.05, 3.63) is 33.9 Å². The Morgan fingerprint density at radius 3 is 3.00 bits per heavy atom. The van der Waals surface area contributed by atoms with Gasteiger partial charge < -0.3 is 15.5 Å². The molecule has 8 nitrogen and oxygen atoms in total. The average molecular weight is 289 g/mol. The summed E-state index contributed by atoms with van der Waals surface area (Å²) in [5.41, 5.74) is 0.413. The van der Waals surface area contributed by atoms with E-state index in [0.717, 1.165) is 0 Å². The van der Waals surface area contributed by atoms with Crippen molar-refractivity contribution in [3.8, 4) is 6.07 Å². The number of nitrogens with one attached hydrogen (secondary N) is 2. The summed E-state index contributed by atoms with van der Waals surface area (Å²) in [6, 6.07) is 5.64. The van der Waals surface area contributed by atoms with Gasteiger partial charge in [-0.2, -0.15) is 5.26 Å². The van der Waals surface area contributed by atoms with Crippen LogP contribution in [0.5, 0.6) is 0 Å². The Hall–Kier alpha value is -2.66. The number of rotatable bonds is 3. The van der Waals surface area contributed by atoms with E-state index in [1.807, 2.05) is 6.07 Å². The molecule has 1 aromatic carbocycles. The number of amides is 1. The van der Waals surface area contributed by atoms with Crippen LogP contribution in [-0.4, -0.2) is 43.6 Å². The lowest BCUT2D eigenvalue weighted by Crippen LogP contribution is -2.57. The summed E-state index contributed by atoms with van der Waals surface area (Å²) in [6.07, 6.45) is 0. The topological polar surface area (TPSA) is 111 Å². The van der Waals surface area contributed by atoms with Crippen molar-refractivity contribution in [1.29, 1.82) is 5.26 Å². The minimum atomic E-state index is -0.529. The third-order valence-electron chi connectivity index (χ3n) is 3.40. The van der Waals surface area contributed by atoms with Crippen molar-refractivity contribution in [3.63, 3.8) is 0 Å². The maximum Gasteiger partial charge on any atom is 0.293 e. The molecule has 0 bridgehead atoms. The van der Waals surface area contributed by atoms with Crippen LogP contribution in [0.3, 0.4) is 0 Å². The van der Waals surface area contributed by atoms with Crippen LogP contribution in [0.15, 0.2) is 18.2 Å². The standard InChI is InChI=1S/C13H15N5O3/c1-15-13(19)12-8-16-4-5-17(12)10-3-2-9(7-14)6-11(10)18(20)21/h2-3,6,12,16H,4-5,8H2,1H3,(H,15,19). The van der Waals surface area contributed by atoms with Gasteiger partial charge >= 0.3 is 0 Å². The molecule has 1 heterocycles. The lowest BCUT2D eigenvalue weighted by molar-refractivity contribution is -0.384. The maximum atomic E-state index is 11.9. The first kappa shape index (κ1) is 14.7. The molecule has 8 heteroatoms. The molecule has 0 radical (unpaired) electrons. The Morgan fingerprint density at radius 2 is 2.38 bits per heavy atom. The highest BCUT2D eigenvalue weighted by Gasteiger charge is 2.32. The summed E-state index contributed by atoms with van der Waals surface area (Å²) in [7, 11) is 1.53. The molecule has 110 valence electrons. The molecule has 1 aliphatic heterocycles. The number of hydrogen-bond acceptors (Lipinski definition) is 6. The lowest BCUT2D eigenvalue weighted by atomic mass is 10.1. The van der Waals surface area contributed by atoms with Crippen molar-refractivity contribution in [2.24, 2.45) is 0 Å². The molecule has 1 aliphatic rings. The number of carbonyl (C=O) groups is 1. The van der Waals surface area contributed by atoms with Gasteiger partial charge in [-0.15, -0.1) is 0 Å². The second-order valence-corrected chi connectivity index (χ2v) is 4.60. The maximum absolute atomic E-state index is 11.9. The van der Waals surface area contributed by atoms with Gasteiger partial charge in [-0.3, -0.25) is 14.9 Å². The number of nitrogens with zero attached hydrogens (tertiary/aromatic N) is 3. The van der Waals surface area contributed by atoms with Crippen LogP contribution in [0.4, 0.5) is 11.4 Å². The minimum absolute atomic E-state index is 0.162. The predicted molar refractivity (Wildman–Crippen MR) is 75.9 cm³/mol. The number of hydrogen-bond donors (Lipinski definition) is 2. The van der Waals surface area contributed by atoms with E-state index in [1.165, 1.54) is 25.2 Å². The van der Waals surface area contributed by atoms with Crippen molar-refractivity contribution < 1.29 is 9.72 Å². The monoisotopic (exact) mass is 289 g/mol. The zero-order chi connectivity index (χ0) is 15.4. The van der Waals surface area contributed by atoms with Crippen LogP contribution in [0.1, 0.15) is 5.56 Å². The third-order valence-corrected chi connectivity index (χ3v) is 3.40. The van der Waals surface area contributed by atoms with Gasteiger partial charge in [0.25, 0.3) is 5.69 Å². The summed E-state index contributed by atoms with van der Waals surface area (Å²) < 4.78 is 0. The average Bonchev–Trinajstić information content (AvgIpc) is 2.53. The fraction of sp³-hybridized carbons (Fsp3) is 0.385. The van der Waals surface area contributed by atoms with Crippen LogP contribution in [0, 0.1) is 21.4 Å². The highest BCUT2D eigenvalue weighted by Crippen LogP contribution is 2.31. The van der Waals surface area contributed by atoms with E-state index >= 15 is 0 Å². The Labute approximate surface area is 121 Å². The summed E-state index contributed by atoms with van der Waals surface area (Å²) in [4.78, 5) is 24.3. The van der Waals surface area contributed by atoms with E-state index in [0.29, 0.717) is 25.3 Å². The van der Waals surface area contributed by atoms with Crippen LogP contribution >= 0.6 is 0 Å². The predicted octanol–water partition coefficient (Wildman–Crippen LogP) is -0.00932. The summed E-state index contributed by atoms with van der Waals surface area (Å²) in [6.45, 7) is 1.52. The van der Waals surface area contributed by atoms with E-state index in [-0.39, 0.29) is 17.2 Å². The third kappa shape index (κ3) is 2.93. The highest BCUT2D eigenvalue weighted by atomic mass is 16.6. The number of carbonyl (C=O) groups excluding carboxylic acids is 1. The van der Waals surface area contributed by atoms with Crippen molar-refractivity contribution >= 4 is 17.3 Å². The van der Waals surface area contributed by atoms with Crippen molar-refractivity contribution in [1.82, 2.24) is 10.6 Å². The molecular formula is C13H15N5O3. The van der Waals surface area contributed by atoms with E-state index in [4.69, 9.17) is 5.26 Å². The van der Waals surface area contributed by atoms with E-state index in [9.17, 15) is 14.9 Å². The van der Waals surface area contributed by atoms with E-state index in [2.05, 4.69) is 10.6 Å². The van der Waals surface area contributed by atoms with Gasteiger partial charge in [0.15, 0.2) is 0 Å². The molecule has 1 saturated heterocycles. The molecule has 1 fully saturated rings. The van der Waals surface area contributed by atoms with Crippen molar-refractivity contribution in [2.45, 2.75) is 6.04 Å². The molecule has 0 aromatic heterocycles. The van der Waals surface area contributed by atoms with Gasteiger partial charge in [0.05, 0.1) is 16.6 Å². The van der Waals surface area contributed by atoms with Crippen LogP contribution in [-0.2, 0) is 4.79 Å². The first-order chi connectivity index (χ1) is 10.1. The van der Waals surface area contributed by atoms with Crippen LogP contribution in [0.2, 0.25) is 0 Å². The fourth-order valence-electron chi connectivity index (χ4n) is 2.38. The van der Waals surface area contributed by atoms with Crippen LogP contribution < -0.4 is 15.5 Å². The van der Waals surface area contributed by atoms with E-state index in [1.54, 1.807) is 4.90 Å². The zero-order valence-electron chi connectivity index (χ0n) is 11.5. The summed E-state index contributed by atoms with van der Waals surface area (Å²) in [5.74, 6) is -0.208. The van der Waals surface area contributed by atoms with Gasteiger partial charge in [0, 0.05) is 32.7 Å². The molecule has 0 aliphatic carbocycles. The molecule has 0 saturated carbocycles. The molecule has 2 rings (SSSR count). The fourth-order valence-corrected chi connectivity index (χ4v) is 2.38. The van der Waals surface area contributed by atoms with Gasteiger partial charge in [0.1, 0.15) is 11.7 Å². The second-order valence-electron chi connectivity index (χ2n) is 4.60. The molecule has 1 unspecified atom stereocenters. The molecule has 1 aromatic rings. The zero-order valence-corrected chi connectivity index (χ0v) is 11.5. The molecule has 1 amide bonds. The smallest absolute Gasteiger partial charge is 0.293 e. The van der Waals surface area contributed by atoms with Gasteiger partial charge in [0.2, 0.25) is 5.91 Å². The molecule has 1 atom stereocenters. The molecule has 21 heavy (non-hydrogen) atoms. The Bertz CT molecular complexity index is 610. The number of likely N-dealkylation sites (N-methyl/N-ethyl adjacent to an activating group) is 1. The number of nitro benzene ring substituents is 1. The van der Waals surface area contributed by atoms with Gasteiger partial charge in [-0.05, 0) is 12.1 Å². The second kappa shape index (κ2) is 6.19. The molecule has 2 N–H and O–H groups in total. The Kier molecular flexibility index (Phi) is 4.35. The Morgan fingerprint density at radius 1 is 1.62 bits per heavy atom. The normalized spacial score (nSPS) is 17.9. The Balaban J connectivity index is 2.45. The number of nitriles is 1. The number of nitro groups is 1.